The number of nitrogens with zero attached hydrogens (tertiary/aromatic N) is 3. The molecule has 2 heterocycles. The minimum atomic E-state index is -0.605. The molecule has 1 aromatic carbocycles. The SMILES string of the molecule is CC(=CCC1=C(C)C(c2nc(O)c([N+](=O)[O-])s2)c2ccccc2N1O)CCCC(C)CCCC(C)CCCC(C)C. The molecule has 2 N–H and O–H groups in total. The average Bonchev–Trinajstić information content (AvgIpc) is 3.29. The summed E-state index contributed by atoms with van der Waals surface area (Å²) >= 11 is 0.884. The predicted molar refractivity (Wildman–Crippen MR) is 169 cm³/mol. The van der Waals surface area contributed by atoms with Crippen molar-refractivity contribution in [3.05, 3.63) is 67.9 Å². The van der Waals surface area contributed by atoms with Crippen LogP contribution in [-0.4, -0.2) is 20.2 Å². The topological polar surface area (TPSA) is 99.7 Å². The van der Waals surface area contributed by atoms with Gasteiger partial charge in [-0.2, -0.15) is 4.98 Å². The summed E-state index contributed by atoms with van der Waals surface area (Å²) in [5, 5.41) is 33.9. The summed E-state index contributed by atoms with van der Waals surface area (Å²) in [5.74, 6) is 1.44. The van der Waals surface area contributed by atoms with Crippen LogP contribution in [0.2, 0.25) is 0 Å². The molecule has 3 unspecified atom stereocenters. The van der Waals surface area contributed by atoms with Crippen molar-refractivity contribution in [3.8, 4) is 5.88 Å². The Balaban J connectivity index is 1.57. The molecule has 0 saturated heterocycles. The van der Waals surface area contributed by atoms with Gasteiger partial charge in [-0.25, -0.2) is 5.06 Å². The number of thiazole rings is 1. The fourth-order valence-electron chi connectivity index (χ4n) is 5.84. The Bertz CT molecular complexity index is 1220. The third-order valence-corrected chi connectivity index (χ3v) is 9.49. The second-order valence-corrected chi connectivity index (χ2v) is 13.5. The van der Waals surface area contributed by atoms with Crippen molar-refractivity contribution in [1.29, 1.82) is 0 Å². The Kier molecular flexibility index (Phi) is 12.4. The molecule has 2 aromatic rings. The summed E-state index contributed by atoms with van der Waals surface area (Å²) in [5.41, 5.74) is 4.33. The molecule has 41 heavy (non-hydrogen) atoms. The molecule has 3 rings (SSSR count). The minimum absolute atomic E-state index is 0.362. The van der Waals surface area contributed by atoms with Gasteiger partial charge < -0.3 is 5.11 Å². The van der Waals surface area contributed by atoms with Crippen molar-refractivity contribution in [1.82, 2.24) is 4.98 Å². The first-order valence-corrected chi connectivity index (χ1v) is 16.1. The zero-order valence-corrected chi connectivity index (χ0v) is 26.5. The minimum Gasteiger partial charge on any atom is -0.488 e. The van der Waals surface area contributed by atoms with Gasteiger partial charge in [-0.3, -0.25) is 15.3 Å². The summed E-state index contributed by atoms with van der Waals surface area (Å²) in [7, 11) is 0. The lowest BCUT2D eigenvalue weighted by Crippen LogP contribution is -2.27. The maximum absolute atomic E-state index is 11.3. The van der Waals surface area contributed by atoms with E-state index in [1.165, 1.54) is 55.6 Å². The highest BCUT2D eigenvalue weighted by Crippen LogP contribution is 2.48. The van der Waals surface area contributed by atoms with E-state index in [-0.39, 0.29) is 10.9 Å². The highest BCUT2D eigenvalue weighted by Gasteiger charge is 2.35. The second kappa shape index (κ2) is 15.5. The van der Waals surface area contributed by atoms with Crippen LogP contribution < -0.4 is 5.06 Å². The van der Waals surface area contributed by atoms with Gasteiger partial charge >= 0.3 is 10.9 Å². The van der Waals surface area contributed by atoms with Crippen LogP contribution in [0.4, 0.5) is 10.7 Å². The molecule has 0 saturated carbocycles. The van der Waals surface area contributed by atoms with E-state index >= 15 is 0 Å². The highest BCUT2D eigenvalue weighted by molar-refractivity contribution is 7.15. The molecule has 7 nitrogen and oxygen atoms in total. The van der Waals surface area contributed by atoms with E-state index in [0.717, 1.165) is 58.8 Å². The molecule has 226 valence electrons. The van der Waals surface area contributed by atoms with Crippen molar-refractivity contribution < 1.29 is 15.2 Å². The average molecular weight is 584 g/mol. The standard InChI is InChI=1S/C33H49N3O4S/c1-22(2)12-9-13-23(3)14-10-15-24(4)16-11-17-25(5)20-21-28-26(6)30(27-18-7-8-19-29(27)35(28)38)32-34-31(37)33(41-32)36(39)40/h7-8,18-20,22-24,30,37-38H,9-17,21H2,1-6H3. The lowest BCUT2D eigenvalue weighted by atomic mass is 9.85. The van der Waals surface area contributed by atoms with Crippen LogP contribution >= 0.6 is 11.3 Å². The monoisotopic (exact) mass is 583 g/mol. The van der Waals surface area contributed by atoms with E-state index in [0.29, 0.717) is 17.1 Å². The Morgan fingerprint density at radius 2 is 1.68 bits per heavy atom. The summed E-state index contributed by atoms with van der Waals surface area (Å²) in [6.07, 6.45) is 14.1. The first kappa shape index (κ1) is 32.8. The number of benzene rings is 1. The van der Waals surface area contributed by atoms with Crippen molar-refractivity contribution in [3.63, 3.8) is 0 Å². The van der Waals surface area contributed by atoms with E-state index in [1.807, 2.05) is 31.2 Å². The number of allylic oxidation sites excluding steroid dienone is 3. The Labute approximate surface area is 250 Å². The number of aromatic nitrogens is 1. The van der Waals surface area contributed by atoms with Gasteiger partial charge in [0.15, 0.2) is 0 Å². The largest absolute Gasteiger partial charge is 0.488 e. The molecular weight excluding hydrogens is 534 g/mol. The first-order valence-electron chi connectivity index (χ1n) is 15.3. The number of fused-ring (bicyclic) bond motifs is 1. The van der Waals surface area contributed by atoms with Crippen LogP contribution in [0.5, 0.6) is 5.88 Å². The maximum Gasteiger partial charge on any atom is 0.387 e. The maximum atomic E-state index is 11.3. The molecule has 0 fully saturated rings. The van der Waals surface area contributed by atoms with Crippen molar-refractivity contribution >= 4 is 22.0 Å². The first-order chi connectivity index (χ1) is 19.5. The molecule has 0 aliphatic carbocycles. The zero-order valence-electron chi connectivity index (χ0n) is 25.7. The van der Waals surface area contributed by atoms with Crippen LogP contribution in [0, 0.1) is 27.9 Å². The number of anilines is 1. The Morgan fingerprint density at radius 3 is 2.29 bits per heavy atom. The smallest absolute Gasteiger partial charge is 0.387 e. The van der Waals surface area contributed by atoms with Gasteiger partial charge in [0.2, 0.25) is 0 Å². The summed E-state index contributed by atoms with van der Waals surface area (Å²) < 4.78 is 0. The van der Waals surface area contributed by atoms with Crippen molar-refractivity contribution in [2.45, 2.75) is 112 Å². The quantitative estimate of drug-likeness (QED) is 0.116. The summed E-state index contributed by atoms with van der Waals surface area (Å²) in [4.78, 5) is 14.9. The van der Waals surface area contributed by atoms with E-state index in [9.17, 15) is 20.4 Å². The lowest BCUT2D eigenvalue weighted by molar-refractivity contribution is -0.381. The molecule has 8 heteroatoms. The third-order valence-electron chi connectivity index (χ3n) is 8.43. The van der Waals surface area contributed by atoms with E-state index in [1.54, 1.807) is 0 Å². The van der Waals surface area contributed by atoms with Gasteiger partial charge in [0.1, 0.15) is 5.01 Å². The summed E-state index contributed by atoms with van der Waals surface area (Å²) in [6.45, 7) is 13.5. The van der Waals surface area contributed by atoms with E-state index in [2.05, 4.69) is 45.7 Å². The molecule has 0 spiro atoms. The van der Waals surface area contributed by atoms with Crippen LogP contribution in [0.3, 0.4) is 0 Å². The van der Waals surface area contributed by atoms with E-state index < -0.39 is 10.8 Å². The lowest BCUT2D eigenvalue weighted by Gasteiger charge is -2.33. The van der Waals surface area contributed by atoms with E-state index in [4.69, 9.17) is 0 Å². The molecule has 0 bridgehead atoms. The van der Waals surface area contributed by atoms with Crippen LogP contribution in [0.15, 0.2) is 47.2 Å². The number of aromatic hydroxyl groups is 1. The molecule has 0 radical (unpaired) electrons. The normalized spacial score (nSPS) is 17.2. The van der Waals surface area contributed by atoms with Crippen LogP contribution in [-0.2, 0) is 0 Å². The predicted octanol–water partition coefficient (Wildman–Crippen LogP) is 10.1. The third kappa shape index (κ3) is 9.14. The van der Waals surface area contributed by atoms with Crippen LogP contribution in [0.25, 0.3) is 0 Å². The molecule has 1 aliphatic heterocycles. The Hall–Kier alpha value is -2.71. The molecule has 3 atom stereocenters. The second-order valence-electron chi connectivity index (χ2n) is 12.5. The van der Waals surface area contributed by atoms with Gasteiger partial charge in [-0.15, -0.1) is 0 Å². The van der Waals surface area contributed by atoms with Crippen LogP contribution in [0.1, 0.15) is 122 Å². The molecular formula is C33H49N3O4S. The fourth-order valence-corrected chi connectivity index (χ4v) is 6.81. The fraction of sp³-hybridized carbons (Fsp3) is 0.606. The number of rotatable bonds is 16. The van der Waals surface area contributed by atoms with Gasteiger partial charge in [0.25, 0.3) is 0 Å². The van der Waals surface area contributed by atoms with Gasteiger partial charge in [0, 0.05) is 6.42 Å². The van der Waals surface area contributed by atoms with Gasteiger partial charge in [0.05, 0.1) is 22.2 Å². The zero-order chi connectivity index (χ0) is 30.1. The number of para-hydroxylation sites is 1. The van der Waals surface area contributed by atoms with Gasteiger partial charge in [-0.1, -0.05) is 102 Å². The molecule has 1 aliphatic rings. The highest BCUT2D eigenvalue weighted by atomic mass is 32.1. The molecule has 0 amide bonds. The number of hydroxylamine groups is 1. The number of nitro groups is 1. The summed E-state index contributed by atoms with van der Waals surface area (Å²) in [6, 6.07) is 7.46. The van der Waals surface area contributed by atoms with Crippen molar-refractivity contribution in [2.75, 3.05) is 5.06 Å². The number of hydrogen-bond donors (Lipinski definition) is 2. The Morgan fingerprint density at radius 1 is 1.07 bits per heavy atom. The molecule has 1 aromatic heterocycles. The van der Waals surface area contributed by atoms with Crippen molar-refractivity contribution in [2.24, 2.45) is 17.8 Å². The number of hydrogen-bond acceptors (Lipinski definition) is 7. The van der Waals surface area contributed by atoms with Gasteiger partial charge in [-0.05, 0) is 73.0 Å².